The van der Waals surface area contributed by atoms with Gasteiger partial charge in [-0.25, -0.2) is 4.98 Å². The smallest absolute Gasteiger partial charge is 0.477 e. The summed E-state index contributed by atoms with van der Waals surface area (Å²) in [6.45, 7) is 2.11. The van der Waals surface area contributed by atoms with Gasteiger partial charge in [-0.05, 0) is 43.3 Å². The first-order valence-corrected chi connectivity index (χ1v) is 6.64. The minimum atomic E-state index is -4.76. The fraction of sp³-hybridized carbons (Fsp3) is 0.200. The Kier molecular flexibility index (Phi) is 5.05. The van der Waals surface area contributed by atoms with Crippen LogP contribution < -0.4 is 14.8 Å². The lowest BCUT2D eigenvalue weighted by Crippen LogP contribution is -2.17. The Morgan fingerprint density at radius 3 is 2.52 bits per heavy atom. The summed E-state index contributed by atoms with van der Waals surface area (Å²) < 4.78 is 45.2. The van der Waals surface area contributed by atoms with Crippen LogP contribution in [0.25, 0.3) is 0 Å². The number of pyridine rings is 1. The molecule has 1 aromatic carbocycles. The van der Waals surface area contributed by atoms with Gasteiger partial charge in [0.1, 0.15) is 11.3 Å². The van der Waals surface area contributed by atoms with Gasteiger partial charge in [0.25, 0.3) is 5.91 Å². The first-order chi connectivity index (χ1) is 10.9. The fourth-order valence-corrected chi connectivity index (χ4v) is 1.75. The van der Waals surface area contributed by atoms with Crippen LogP contribution in [0.1, 0.15) is 17.3 Å². The van der Waals surface area contributed by atoms with Gasteiger partial charge >= 0.3 is 6.36 Å². The maximum Gasteiger partial charge on any atom is 0.573 e. The molecule has 1 amide bonds. The number of alkyl halides is 3. The molecule has 2 aromatic rings. The lowest BCUT2D eigenvalue weighted by atomic mass is 10.2. The standard InChI is InChI=1S/C15H13F3N2O3/c1-2-22-14-12(4-3-9-19-14)13(21)20-10-5-7-11(8-6-10)23-15(16,17)18/h3-9H,2H2,1H3,(H,20,21). The van der Waals surface area contributed by atoms with E-state index in [1.165, 1.54) is 24.4 Å². The maximum atomic E-state index is 12.2. The molecule has 1 N–H and O–H groups in total. The van der Waals surface area contributed by atoms with E-state index in [0.29, 0.717) is 12.3 Å². The molecule has 1 heterocycles. The molecule has 23 heavy (non-hydrogen) atoms. The van der Waals surface area contributed by atoms with Crippen LogP contribution in [-0.2, 0) is 0 Å². The number of halogens is 3. The number of carbonyl (C=O) groups excluding carboxylic acids is 1. The van der Waals surface area contributed by atoms with Crippen LogP contribution in [0.5, 0.6) is 11.6 Å². The van der Waals surface area contributed by atoms with Gasteiger partial charge in [0.2, 0.25) is 5.88 Å². The van der Waals surface area contributed by atoms with E-state index in [2.05, 4.69) is 15.0 Å². The molecular formula is C15H13F3N2O3. The number of nitrogens with one attached hydrogen (secondary N) is 1. The van der Waals surface area contributed by atoms with Gasteiger partial charge in [0, 0.05) is 11.9 Å². The molecule has 0 unspecified atom stereocenters. The van der Waals surface area contributed by atoms with E-state index >= 15 is 0 Å². The number of aromatic nitrogens is 1. The normalized spacial score (nSPS) is 11.0. The van der Waals surface area contributed by atoms with Gasteiger partial charge < -0.3 is 14.8 Å². The second-order valence-corrected chi connectivity index (χ2v) is 4.32. The third-order valence-electron chi connectivity index (χ3n) is 2.64. The Morgan fingerprint density at radius 1 is 1.22 bits per heavy atom. The van der Waals surface area contributed by atoms with Crippen LogP contribution >= 0.6 is 0 Å². The van der Waals surface area contributed by atoms with Crippen molar-refractivity contribution in [3.63, 3.8) is 0 Å². The molecule has 0 fully saturated rings. The van der Waals surface area contributed by atoms with Crippen molar-refractivity contribution < 1.29 is 27.4 Å². The summed E-state index contributed by atoms with van der Waals surface area (Å²) in [4.78, 5) is 16.1. The first-order valence-electron chi connectivity index (χ1n) is 6.64. The van der Waals surface area contributed by atoms with E-state index in [-0.39, 0.29) is 17.2 Å². The van der Waals surface area contributed by atoms with Crippen molar-refractivity contribution in [3.8, 4) is 11.6 Å². The number of nitrogens with zero attached hydrogens (tertiary/aromatic N) is 1. The zero-order chi connectivity index (χ0) is 16.9. The second kappa shape index (κ2) is 6.99. The van der Waals surface area contributed by atoms with E-state index in [1.807, 2.05) is 0 Å². The average Bonchev–Trinajstić information content (AvgIpc) is 2.48. The highest BCUT2D eigenvalue weighted by atomic mass is 19.4. The fourth-order valence-electron chi connectivity index (χ4n) is 1.75. The SMILES string of the molecule is CCOc1ncccc1C(=O)Nc1ccc(OC(F)(F)F)cc1. The highest BCUT2D eigenvalue weighted by Crippen LogP contribution is 2.24. The zero-order valence-corrected chi connectivity index (χ0v) is 12.1. The lowest BCUT2D eigenvalue weighted by molar-refractivity contribution is -0.274. The van der Waals surface area contributed by atoms with Gasteiger partial charge in [0.15, 0.2) is 0 Å². The molecule has 0 radical (unpaired) electrons. The van der Waals surface area contributed by atoms with E-state index in [1.54, 1.807) is 13.0 Å². The third-order valence-corrected chi connectivity index (χ3v) is 2.64. The Morgan fingerprint density at radius 2 is 1.91 bits per heavy atom. The van der Waals surface area contributed by atoms with E-state index in [4.69, 9.17) is 4.74 Å². The molecule has 0 spiro atoms. The van der Waals surface area contributed by atoms with Crippen molar-refractivity contribution in [1.29, 1.82) is 0 Å². The van der Waals surface area contributed by atoms with Crippen LogP contribution in [0.4, 0.5) is 18.9 Å². The van der Waals surface area contributed by atoms with Gasteiger partial charge in [-0.1, -0.05) is 0 Å². The second-order valence-electron chi connectivity index (χ2n) is 4.32. The predicted molar refractivity (Wildman–Crippen MR) is 76.5 cm³/mol. The Balaban J connectivity index is 2.09. The Bertz CT molecular complexity index is 672. The van der Waals surface area contributed by atoms with Crippen molar-refractivity contribution in [2.45, 2.75) is 13.3 Å². The molecule has 5 nitrogen and oxygen atoms in total. The average molecular weight is 326 g/mol. The minimum absolute atomic E-state index is 0.185. The number of hydrogen-bond donors (Lipinski definition) is 1. The van der Waals surface area contributed by atoms with Crippen LogP contribution in [0.15, 0.2) is 42.6 Å². The molecule has 122 valence electrons. The number of carbonyl (C=O) groups is 1. The highest BCUT2D eigenvalue weighted by molar-refractivity contribution is 6.05. The van der Waals surface area contributed by atoms with Crippen molar-refractivity contribution in [1.82, 2.24) is 4.98 Å². The van der Waals surface area contributed by atoms with Gasteiger partial charge in [-0.2, -0.15) is 0 Å². The predicted octanol–water partition coefficient (Wildman–Crippen LogP) is 3.63. The van der Waals surface area contributed by atoms with E-state index in [0.717, 1.165) is 12.1 Å². The number of benzene rings is 1. The lowest BCUT2D eigenvalue weighted by Gasteiger charge is -2.11. The van der Waals surface area contributed by atoms with Crippen LogP contribution in [0, 0.1) is 0 Å². The third kappa shape index (κ3) is 4.87. The molecule has 0 saturated carbocycles. The summed E-state index contributed by atoms with van der Waals surface area (Å²) in [5.41, 5.74) is 0.542. The van der Waals surface area contributed by atoms with Crippen LogP contribution in [-0.4, -0.2) is 23.9 Å². The molecule has 0 bridgehead atoms. The van der Waals surface area contributed by atoms with Gasteiger partial charge in [-0.3, -0.25) is 4.79 Å². The maximum absolute atomic E-state index is 12.2. The molecule has 0 aliphatic heterocycles. The van der Waals surface area contributed by atoms with Gasteiger partial charge in [-0.15, -0.1) is 13.2 Å². The summed E-state index contributed by atoms with van der Waals surface area (Å²) in [6.07, 6.45) is -3.27. The molecule has 2 rings (SSSR count). The summed E-state index contributed by atoms with van der Waals surface area (Å²) in [7, 11) is 0. The first kappa shape index (κ1) is 16.6. The van der Waals surface area contributed by atoms with E-state index in [9.17, 15) is 18.0 Å². The zero-order valence-electron chi connectivity index (χ0n) is 12.1. The largest absolute Gasteiger partial charge is 0.573 e. The molecule has 8 heteroatoms. The quantitative estimate of drug-likeness (QED) is 0.911. The van der Waals surface area contributed by atoms with E-state index < -0.39 is 12.3 Å². The van der Waals surface area contributed by atoms with Gasteiger partial charge in [0.05, 0.1) is 6.61 Å². The van der Waals surface area contributed by atoms with Crippen LogP contribution in [0.3, 0.4) is 0 Å². The topological polar surface area (TPSA) is 60.5 Å². The highest BCUT2D eigenvalue weighted by Gasteiger charge is 2.30. The molecule has 0 aliphatic rings. The summed E-state index contributed by atoms with van der Waals surface area (Å²) >= 11 is 0. The minimum Gasteiger partial charge on any atom is -0.477 e. The van der Waals surface area contributed by atoms with Crippen molar-refractivity contribution in [2.24, 2.45) is 0 Å². The number of ether oxygens (including phenoxy) is 2. The number of amides is 1. The van der Waals surface area contributed by atoms with Crippen LogP contribution in [0.2, 0.25) is 0 Å². The molecule has 0 saturated heterocycles. The number of hydrogen-bond acceptors (Lipinski definition) is 4. The Hall–Kier alpha value is -2.77. The summed E-state index contributed by atoms with van der Waals surface area (Å²) in [6, 6.07) is 7.93. The van der Waals surface area contributed by atoms with Crippen molar-refractivity contribution >= 4 is 11.6 Å². The monoisotopic (exact) mass is 326 g/mol. The van der Waals surface area contributed by atoms with Crippen molar-refractivity contribution in [3.05, 3.63) is 48.2 Å². The summed E-state index contributed by atoms with van der Waals surface area (Å²) in [5, 5.41) is 2.55. The molecule has 0 atom stereocenters. The molecule has 0 aliphatic carbocycles. The molecular weight excluding hydrogens is 313 g/mol. The summed E-state index contributed by atoms with van der Waals surface area (Å²) in [5.74, 6) is -0.664. The molecule has 1 aromatic heterocycles. The number of anilines is 1. The number of rotatable bonds is 5. The van der Waals surface area contributed by atoms with Crippen molar-refractivity contribution in [2.75, 3.05) is 11.9 Å². The Labute approximate surface area is 130 Å².